The summed E-state index contributed by atoms with van der Waals surface area (Å²) < 4.78 is 86.5. The molecule has 0 spiro atoms. The molecule has 84 valence electrons. The van der Waals surface area contributed by atoms with Crippen LogP contribution < -0.4 is 0 Å². The first kappa shape index (κ1) is 11.5. The van der Waals surface area contributed by atoms with Gasteiger partial charge in [0.2, 0.25) is 0 Å². The second-order valence-corrected chi connectivity index (χ2v) is 2.89. The van der Waals surface area contributed by atoms with Crippen molar-refractivity contribution >= 4 is 0 Å². The van der Waals surface area contributed by atoms with Crippen LogP contribution in [0.15, 0.2) is 0 Å². The van der Waals surface area contributed by atoms with Gasteiger partial charge in [-0.15, -0.1) is 0 Å². The van der Waals surface area contributed by atoms with Gasteiger partial charge in [-0.05, 0) is 6.42 Å². The van der Waals surface area contributed by atoms with Gasteiger partial charge in [0.25, 0.3) is 0 Å². The molecule has 0 N–H and O–H groups in total. The Hall–Kier alpha value is -0.530. The normalized spacial score (nSPS) is 32.8. The zero-order valence-corrected chi connectivity index (χ0v) is 6.55. The maximum atomic E-state index is 12.5. The highest BCUT2D eigenvalue weighted by atomic mass is 19.4. The number of rotatable bonds is 3. The van der Waals surface area contributed by atoms with Crippen LogP contribution in [-0.4, -0.2) is 24.3 Å². The molecule has 0 saturated carbocycles. The summed E-state index contributed by atoms with van der Waals surface area (Å²) >= 11 is 0. The molecule has 0 amide bonds. The van der Waals surface area contributed by atoms with Gasteiger partial charge >= 0.3 is 18.1 Å². The molecule has 1 nitrogen and oxygen atoms in total. The van der Waals surface area contributed by atoms with Crippen molar-refractivity contribution in [2.75, 3.05) is 0 Å². The van der Waals surface area contributed by atoms with E-state index in [2.05, 4.69) is 4.74 Å². The van der Waals surface area contributed by atoms with Crippen LogP contribution in [0.25, 0.3) is 0 Å². The van der Waals surface area contributed by atoms with E-state index in [-0.39, 0.29) is 0 Å². The highest BCUT2D eigenvalue weighted by Crippen LogP contribution is 2.56. The van der Waals surface area contributed by atoms with Crippen LogP contribution in [0.3, 0.4) is 0 Å². The molecular weight excluding hydrogens is 221 g/mol. The van der Waals surface area contributed by atoms with Crippen LogP contribution >= 0.6 is 0 Å². The minimum Gasteiger partial charge on any atom is -0.268 e. The molecule has 1 saturated heterocycles. The predicted octanol–water partition coefficient (Wildman–Crippen LogP) is 2.96. The van der Waals surface area contributed by atoms with Gasteiger partial charge in [-0.3, -0.25) is 4.74 Å². The summed E-state index contributed by atoms with van der Waals surface area (Å²) in [6.45, 7) is 0. The van der Waals surface area contributed by atoms with E-state index in [4.69, 9.17) is 0 Å². The Morgan fingerprint density at radius 3 is 1.86 bits per heavy atom. The number of epoxide rings is 1. The fourth-order valence-electron chi connectivity index (χ4n) is 0.883. The van der Waals surface area contributed by atoms with E-state index < -0.39 is 37.2 Å². The van der Waals surface area contributed by atoms with E-state index in [1.165, 1.54) is 0 Å². The highest BCUT2D eigenvalue weighted by Gasteiger charge is 2.81. The van der Waals surface area contributed by atoms with Crippen molar-refractivity contribution in [3.8, 4) is 0 Å². The summed E-state index contributed by atoms with van der Waals surface area (Å²) in [5.41, 5.74) is 0. The number of ether oxygens (including phenoxy) is 1. The number of hydrogen-bond donors (Lipinski definition) is 0. The monoisotopic (exact) mass is 226 g/mol. The Morgan fingerprint density at radius 1 is 1.14 bits per heavy atom. The van der Waals surface area contributed by atoms with Crippen LogP contribution in [0.2, 0.25) is 0 Å². The third kappa shape index (κ3) is 2.10. The van der Waals surface area contributed by atoms with Crippen molar-refractivity contribution in [1.82, 2.24) is 0 Å². The fourth-order valence-corrected chi connectivity index (χ4v) is 0.883. The highest BCUT2D eigenvalue weighted by molar-refractivity contribution is 4.99. The second-order valence-electron chi connectivity index (χ2n) is 2.89. The molecule has 0 aliphatic carbocycles. The second kappa shape index (κ2) is 2.98. The Morgan fingerprint density at radius 2 is 1.57 bits per heavy atom. The van der Waals surface area contributed by atoms with Gasteiger partial charge in [0.1, 0.15) is 0 Å². The molecule has 0 aromatic carbocycles. The fraction of sp³-hybridized carbons (Fsp3) is 1.00. The minimum atomic E-state index is -4.70. The largest absolute Gasteiger partial charge is 0.420 e. The predicted molar refractivity (Wildman–Crippen MR) is 30.1 cm³/mol. The molecule has 0 bridgehead atoms. The van der Waals surface area contributed by atoms with E-state index in [1.54, 1.807) is 0 Å². The standard InChI is InChI=1S/C6H5F7O/c7-3(1-2-4(8,9)10)5(11)6(12,13)14-5/h3H,1-2H2. The molecule has 8 heteroatoms. The third-order valence-corrected chi connectivity index (χ3v) is 1.72. The summed E-state index contributed by atoms with van der Waals surface area (Å²) in [4.78, 5) is 0. The lowest BCUT2D eigenvalue weighted by atomic mass is 10.1. The molecule has 1 rings (SSSR count). The summed E-state index contributed by atoms with van der Waals surface area (Å²) in [5, 5.41) is 0. The molecule has 0 radical (unpaired) electrons. The van der Waals surface area contributed by atoms with Crippen molar-refractivity contribution in [3.05, 3.63) is 0 Å². The van der Waals surface area contributed by atoms with Crippen LogP contribution in [0, 0.1) is 0 Å². The average molecular weight is 226 g/mol. The molecule has 2 unspecified atom stereocenters. The molecule has 0 aromatic rings. The number of halogens is 7. The molecular formula is C6H5F7O. The molecule has 1 fully saturated rings. The van der Waals surface area contributed by atoms with Gasteiger partial charge in [0.05, 0.1) is 0 Å². The molecule has 14 heavy (non-hydrogen) atoms. The van der Waals surface area contributed by atoms with Crippen molar-refractivity contribution in [3.63, 3.8) is 0 Å². The SMILES string of the molecule is FC(CCC(F)(F)F)C1(F)OC1(F)F. The van der Waals surface area contributed by atoms with Gasteiger partial charge in [-0.2, -0.15) is 26.3 Å². The van der Waals surface area contributed by atoms with Crippen LogP contribution in [0.1, 0.15) is 12.8 Å². The summed E-state index contributed by atoms with van der Waals surface area (Å²) in [6, 6.07) is 0. The minimum absolute atomic E-state index is 1.38. The molecule has 0 aromatic heterocycles. The van der Waals surface area contributed by atoms with E-state index in [0.29, 0.717) is 0 Å². The van der Waals surface area contributed by atoms with Crippen LogP contribution in [-0.2, 0) is 4.74 Å². The summed E-state index contributed by atoms with van der Waals surface area (Å²) in [6.07, 6.45) is -15.0. The quantitative estimate of drug-likeness (QED) is 0.532. The smallest absolute Gasteiger partial charge is 0.268 e. The van der Waals surface area contributed by atoms with Gasteiger partial charge in [0, 0.05) is 6.42 Å². The third-order valence-electron chi connectivity index (χ3n) is 1.72. The topological polar surface area (TPSA) is 12.5 Å². The molecule has 1 aliphatic heterocycles. The Kier molecular flexibility index (Phi) is 2.46. The van der Waals surface area contributed by atoms with E-state index in [0.717, 1.165) is 0 Å². The van der Waals surface area contributed by atoms with Gasteiger partial charge in [0.15, 0.2) is 6.17 Å². The van der Waals surface area contributed by atoms with Gasteiger partial charge in [-0.1, -0.05) is 0 Å². The molecule has 1 heterocycles. The van der Waals surface area contributed by atoms with Crippen molar-refractivity contribution in [2.45, 2.75) is 37.2 Å². The van der Waals surface area contributed by atoms with E-state index >= 15 is 0 Å². The van der Waals surface area contributed by atoms with Crippen molar-refractivity contribution in [1.29, 1.82) is 0 Å². The first-order valence-electron chi connectivity index (χ1n) is 3.56. The van der Waals surface area contributed by atoms with Gasteiger partial charge < -0.3 is 0 Å². The van der Waals surface area contributed by atoms with E-state index in [9.17, 15) is 30.7 Å². The zero-order valence-electron chi connectivity index (χ0n) is 6.55. The van der Waals surface area contributed by atoms with Crippen LogP contribution in [0.4, 0.5) is 30.7 Å². The Balaban J connectivity index is 2.41. The molecule has 2 atom stereocenters. The average Bonchev–Trinajstić information content (AvgIpc) is 2.46. The number of alkyl halides is 7. The first-order chi connectivity index (χ1) is 6.08. The first-order valence-corrected chi connectivity index (χ1v) is 3.56. The maximum Gasteiger partial charge on any atom is 0.420 e. The lowest BCUT2D eigenvalue weighted by Crippen LogP contribution is -2.27. The Labute approximate surface area is 73.8 Å². The van der Waals surface area contributed by atoms with E-state index in [1.807, 2.05) is 0 Å². The molecule has 1 aliphatic rings. The maximum absolute atomic E-state index is 12.5. The van der Waals surface area contributed by atoms with Crippen molar-refractivity contribution in [2.24, 2.45) is 0 Å². The summed E-state index contributed by atoms with van der Waals surface area (Å²) in [5.74, 6) is -3.88. The van der Waals surface area contributed by atoms with Crippen LogP contribution in [0.5, 0.6) is 0 Å². The van der Waals surface area contributed by atoms with Crippen molar-refractivity contribution < 1.29 is 35.5 Å². The lowest BCUT2D eigenvalue weighted by molar-refractivity contribution is -0.141. The van der Waals surface area contributed by atoms with Gasteiger partial charge in [-0.25, -0.2) is 4.39 Å². The Bertz CT molecular complexity index is 225. The lowest BCUT2D eigenvalue weighted by Gasteiger charge is -2.10. The zero-order chi connectivity index (χ0) is 11.2. The summed E-state index contributed by atoms with van der Waals surface area (Å²) in [7, 11) is 0. The number of hydrogen-bond acceptors (Lipinski definition) is 1.